The topological polar surface area (TPSA) is 79.4 Å². The minimum Gasteiger partial charge on any atom is -0.300 e. The largest absolute Gasteiger partial charge is 0.300 e. The van der Waals surface area contributed by atoms with Gasteiger partial charge in [-0.1, -0.05) is 55.9 Å². The molecule has 3 aromatic rings. The summed E-state index contributed by atoms with van der Waals surface area (Å²) >= 11 is 1.36. The van der Waals surface area contributed by atoms with Gasteiger partial charge < -0.3 is 5.32 Å². The normalized spacial score (nSPS) is 15.6. The van der Waals surface area contributed by atoms with Crippen molar-refractivity contribution in [1.29, 1.82) is 0 Å². The van der Waals surface area contributed by atoms with Gasteiger partial charge in [0.2, 0.25) is 5.91 Å². The van der Waals surface area contributed by atoms with E-state index in [1.54, 1.807) is 24.3 Å². The van der Waals surface area contributed by atoms with Gasteiger partial charge in [0, 0.05) is 0 Å². The zero-order chi connectivity index (χ0) is 19.8. The Kier molecular flexibility index (Phi) is 4.68. The van der Waals surface area contributed by atoms with Crippen molar-refractivity contribution in [3.63, 3.8) is 0 Å². The molecule has 1 aliphatic heterocycles. The number of benzene rings is 2. The summed E-state index contributed by atoms with van der Waals surface area (Å²) in [7, 11) is 0. The highest BCUT2D eigenvalue weighted by molar-refractivity contribution is 7.22. The lowest BCUT2D eigenvalue weighted by Crippen LogP contribution is -2.50. The van der Waals surface area contributed by atoms with E-state index in [0.29, 0.717) is 22.7 Å². The minimum absolute atomic E-state index is 0.198. The molecule has 0 aliphatic carbocycles. The van der Waals surface area contributed by atoms with Gasteiger partial charge >= 0.3 is 0 Å². The van der Waals surface area contributed by atoms with Crippen LogP contribution in [0.3, 0.4) is 0 Å². The first-order valence-electron chi connectivity index (χ1n) is 9.14. The molecule has 142 valence electrons. The van der Waals surface area contributed by atoms with Crippen molar-refractivity contribution in [2.75, 3.05) is 5.32 Å². The summed E-state index contributed by atoms with van der Waals surface area (Å²) in [6, 6.07) is 13.4. The van der Waals surface area contributed by atoms with Crippen molar-refractivity contribution in [2.24, 2.45) is 5.92 Å². The Morgan fingerprint density at radius 1 is 1.07 bits per heavy atom. The molecule has 28 heavy (non-hydrogen) atoms. The maximum atomic E-state index is 13.1. The highest BCUT2D eigenvalue weighted by atomic mass is 32.1. The molecule has 1 aliphatic rings. The summed E-state index contributed by atoms with van der Waals surface area (Å²) in [5.41, 5.74) is 1.48. The second-order valence-electron chi connectivity index (χ2n) is 6.83. The van der Waals surface area contributed by atoms with Gasteiger partial charge in [-0.05, 0) is 30.2 Å². The number of fused-ring (bicyclic) bond motifs is 2. The molecule has 0 bridgehead atoms. The fourth-order valence-electron chi connectivity index (χ4n) is 3.42. The number of thiazole rings is 1. The van der Waals surface area contributed by atoms with Gasteiger partial charge in [0.25, 0.3) is 11.8 Å². The Morgan fingerprint density at radius 3 is 2.29 bits per heavy atom. The van der Waals surface area contributed by atoms with Crippen molar-refractivity contribution in [2.45, 2.75) is 26.3 Å². The lowest BCUT2D eigenvalue weighted by atomic mass is 9.96. The standard InChI is InChI=1S/C21H19N3O3S/c1-3-12(2)17(24-19(26)13-8-4-5-9-14(13)20(24)27)18(25)23-21-22-15-10-6-7-11-16(15)28-21/h4-12,17H,3H2,1-2H3,(H,22,23,25). The summed E-state index contributed by atoms with van der Waals surface area (Å²) < 4.78 is 0.957. The molecular formula is C21H19N3O3S. The quantitative estimate of drug-likeness (QED) is 0.666. The van der Waals surface area contributed by atoms with E-state index in [1.807, 2.05) is 38.1 Å². The van der Waals surface area contributed by atoms with Crippen molar-refractivity contribution in [1.82, 2.24) is 9.88 Å². The molecule has 3 amide bonds. The number of carbonyl (C=O) groups is 3. The molecule has 0 saturated heterocycles. The SMILES string of the molecule is CCC(C)C(C(=O)Nc1nc2ccccc2s1)N1C(=O)c2ccccc2C1=O. The van der Waals surface area contributed by atoms with Crippen LogP contribution in [0, 0.1) is 5.92 Å². The van der Waals surface area contributed by atoms with Gasteiger partial charge in [-0.2, -0.15) is 0 Å². The number of amides is 3. The zero-order valence-electron chi connectivity index (χ0n) is 15.5. The Balaban J connectivity index is 1.66. The van der Waals surface area contributed by atoms with Crippen LogP contribution in [-0.4, -0.2) is 33.6 Å². The molecule has 0 spiro atoms. The number of nitrogens with zero attached hydrogens (tertiary/aromatic N) is 2. The number of imide groups is 1. The molecule has 1 N–H and O–H groups in total. The molecule has 2 atom stereocenters. The maximum Gasteiger partial charge on any atom is 0.262 e. The fraction of sp³-hybridized carbons (Fsp3) is 0.238. The Morgan fingerprint density at radius 2 is 1.68 bits per heavy atom. The van der Waals surface area contributed by atoms with Crippen molar-refractivity contribution >= 4 is 44.4 Å². The van der Waals surface area contributed by atoms with E-state index in [-0.39, 0.29) is 5.92 Å². The molecule has 2 aromatic carbocycles. The van der Waals surface area contributed by atoms with Crippen molar-refractivity contribution in [3.05, 3.63) is 59.7 Å². The Hall–Kier alpha value is -3.06. The van der Waals surface area contributed by atoms with Crippen LogP contribution in [0.2, 0.25) is 0 Å². The van der Waals surface area contributed by atoms with Crippen LogP contribution in [-0.2, 0) is 4.79 Å². The molecule has 0 radical (unpaired) electrons. The van der Waals surface area contributed by atoms with E-state index in [2.05, 4.69) is 10.3 Å². The lowest BCUT2D eigenvalue weighted by molar-refractivity contribution is -0.121. The van der Waals surface area contributed by atoms with Crippen LogP contribution in [0.15, 0.2) is 48.5 Å². The van der Waals surface area contributed by atoms with Crippen LogP contribution in [0.5, 0.6) is 0 Å². The molecule has 4 rings (SSSR count). The first-order valence-corrected chi connectivity index (χ1v) is 9.96. The van der Waals surface area contributed by atoms with Crippen molar-refractivity contribution < 1.29 is 14.4 Å². The molecule has 7 heteroatoms. The summed E-state index contributed by atoms with van der Waals surface area (Å²) in [6.45, 7) is 3.80. The number of hydrogen-bond donors (Lipinski definition) is 1. The summed E-state index contributed by atoms with van der Waals surface area (Å²) in [5, 5.41) is 3.27. The lowest BCUT2D eigenvalue weighted by Gasteiger charge is -2.29. The van der Waals surface area contributed by atoms with Gasteiger partial charge in [-0.15, -0.1) is 0 Å². The molecule has 2 unspecified atom stereocenters. The second kappa shape index (κ2) is 7.16. The number of hydrogen-bond acceptors (Lipinski definition) is 5. The third kappa shape index (κ3) is 2.97. The molecule has 0 saturated carbocycles. The van der Waals surface area contributed by atoms with E-state index >= 15 is 0 Å². The summed E-state index contributed by atoms with van der Waals surface area (Å²) in [5.74, 6) is -1.45. The first kappa shape index (κ1) is 18.3. The molecule has 6 nitrogen and oxygen atoms in total. The smallest absolute Gasteiger partial charge is 0.262 e. The first-order chi connectivity index (χ1) is 13.5. The number of nitrogens with one attached hydrogen (secondary N) is 1. The number of rotatable bonds is 5. The van der Waals surface area contributed by atoms with Gasteiger partial charge in [-0.3, -0.25) is 19.3 Å². The zero-order valence-corrected chi connectivity index (χ0v) is 16.3. The van der Waals surface area contributed by atoms with Crippen LogP contribution < -0.4 is 5.32 Å². The monoisotopic (exact) mass is 393 g/mol. The second-order valence-corrected chi connectivity index (χ2v) is 7.86. The summed E-state index contributed by atoms with van der Waals surface area (Å²) in [6.07, 6.45) is 0.644. The van der Waals surface area contributed by atoms with E-state index in [4.69, 9.17) is 0 Å². The predicted molar refractivity (Wildman–Crippen MR) is 108 cm³/mol. The Labute approximate surface area is 166 Å². The molecular weight excluding hydrogens is 374 g/mol. The van der Waals surface area contributed by atoms with Crippen LogP contribution in [0.1, 0.15) is 41.0 Å². The molecule has 0 fully saturated rings. The molecule has 2 heterocycles. The van der Waals surface area contributed by atoms with Gasteiger partial charge in [0.1, 0.15) is 6.04 Å². The van der Waals surface area contributed by atoms with Crippen molar-refractivity contribution in [3.8, 4) is 0 Å². The predicted octanol–water partition coefficient (Wildman–Crippen LogP) is 3.95. The fourth-order valence-corrected chi connectivity index (χ4v) is 4.29. The highest BCUT2D eigenvalue weighted by Crippen LogP contribution is 2.30. The average Bonchev–Trinajstić information content (AvgIpc) is 3.22. The van der Waals surface area contributed by atoms with E-state index in [1.165, 1.54) is 11.3 Å². The van der Waals surface area contributed by atoms with E-state index < -0.39 is 23.8 Å². The van der Waals surface area contributed by atoms with Crippen LogP contribution in [0.4, 0.5) is 5.13 Å². The maximum absolute atomic E-state index is 13.1. The summed E-state index contributed by atoms with van der Waals surface area (Å²) in [4.78, 5) is 44.4. The van der Waals surface area contributed by atoms with Gasteiger partial charge in [0.15, 0.2) is 5.13 Å². The van der Waals surface area contributed by atoms with Crippen LogP contribution in [0.25, 0.3) is 10.2 Å². The number of anilines is 1. The third-order valence-corrected chi connectivity index (χ3v) is 6.03. The van der Waals surface area contributed by atoms with Crippen LogP contribution >= 0.6 is 11.3 Å². The highest BCUT2D eigenvalue weighted by Gasteiger charge is 2.44. The van der Waals surface area contributed by atoms with Gasteiger partial charge in [-0.25, -0.2) is 4.98 Å². The molecule has 1 aromatic heterocycles. The van der Waals surface area contributed by atoms with Gasteiger partial charge in [0.05, 0.1) is 21.3 Å². The van der Waals surface area contributed by atoms with E-state index in [9.17, 15) is 14.4 Å². The average molecular weight is 393 g/mol. The number of carbonyl (C=O) groups excluding carboxylic acids is 3. The number of aromatic nitrogens is 1. The Bertz CT molecular complexity index is 1020. The number of para-hydroxylation sites is 1. The third-order valence-electron chi connectivity index (χ3n) is 5.08. The van der Waals surface area contributed by atoms with E-state index in [0.717, 1.165) is 15.1 Å². The minimum atomic E-state index is -0.899.